The Morgan fingerprint density at radius 2 is 1.77 bits per heavy atom. The van der Waals surface area contributed by atoms with E-state index in [1.807, 2.05) is 59.5 Å². The van der Waals surface area contributed by atoms with Gasteiger partial charge in [-0.1, -0.05) is 24.3 Å². The van der Waals surface area contributed by atoms with Crippen LogP contribution in [0.4, 0.5) is 0 Å². The summed E-state index contributed by atoms with van der Waals surface area (Å²) >= 11 is 0. The molecule has 1 amide bonds. The lowest BCUT2D eigenvalue weighted by Crippen LogP contribution is -2.40. The molecule has 0 aromatic heterocycles. The first kappa shape index (κ1) is 23.2. The molecule has 2 aliphatic rings. The van der Waals surface area contributed by atoms with Crippen LogP contribution in [-0.4, -0.2) is 60.7 Å². The van der Waals surface area contributed by atoms with Crippen LogP contribution in [0.5, 0.6) is 17.2 Å². The number of methoxy groups -OCH3 is 1. The molecule has 5 rings (SSSR count). The van der Waals surface area contributed by atoms with E-state index in [0.717, 1.165) is 42.1 Å². The smallest absolute Gasteiger partial charge is 0.254 e. The number of fused-ring (bicyclic) bond motifs is 1. The first-order chi connectivity index (χ1) is 17.1. The highest BCUT2D eigenvalue weighted by atomic mass is 16.5. The summed E-state index contributed by atoms with van der Waals surface area (Å²) in [6.07, 6.45) is 3.24. The molecule has 3 aromatic rings. The Hall–Kier alpha value is -3.51. The molecule has 2 heterocycles. The van der Waals surface area contributed by atoms with Crippen molar-refractivity contribution in [2.45, 2.75) is 25.3 Å². The lowest BCUT2D eigenvalue weighted by atomic mass is 9.87. The molecular weight excluding hydrogens is 440 g/mol. The second-order valence-electron chi connectivity index (χ2n) is 9.23. The number of amides is 1. The maximum Gasteiger partial charge on any atom is 0.254 e. The van der Waals surface area contributed by atoms with E-state index in [-0.39, 0.29) is 17.7 Å². The zero-order chi connectivity index (χ0) is 24.2. The molecule has 0 saturated carbocycles. The minimum atomic E-state index is -0.253. The molecule has 3 aromatic carbocycles. The van der Waals surface area contributed by atoms with Gasteiger partial charge in [0.2, 0.25) is 0 Å². The quantitative estimate of drug-likeness (QED) is 0.542. The van der Waals surface area contributed by atoms with E-state index in [4.69, 9.17) is 9.47 Å². The molecular formula is C29H32N2O4. The number of nitrogens with zero attached hydrogens (tertiary/aromatic N) is 2. The minimum Gasteiger partial charge on any atom is -0.508 e. The molecule has 1 fully saturated rings. The van der Waals surface area contributed by atoms with Crippen LogP contribution in [0.2, 0.25) is 0 Å². The van der Waals surface area contributed by atoms with Crippen molar-refractivity contribution in [2.24, 2.45) is 0 Å². The molecule has 6 heteroatoms. The number of aromatic hydroxyl groups is 1. The van der Waals surface area contributed by atoms with Crippen LogP contribution in [0.15, 0.2) is 66.7 Å². The van der Waals surface area contributed by atoms with Crippen molar-refractivity contribution >= 4 is 5.91 Å². The Morgan fingerprint density at radius 3 is 2.54 bits per heavy atom. The number of phenols is 1. The van der Waals surface area contributed by atoms with Gasteiger partial charge in [-0.05, 0) is 91.5 Å². The normalized spacial score (nSPS) is 17.7. The standard InChI is InChI=1S/C29H32N2O4/c1-34-26-6-4-5-23(20-26)29(33)31-16-13-22-19-24(32)9-12-27(22)28(31)21-7-10-25(11-8-21)35-18-17-30-14-2-3-15-30/h4-12,19-20,28,32H,2-3,13-18H2,1H3. The summed E-state index contributed by atoms with van der Waals surface area (Å²) in [4.78, 5) is 18.0. The second kappa shape index (κ2) is 10.4. The summed E-state index contributed by atoms with van der Waals surface area (Å²) in [5.74, 6) is 1.70. The number of phenolic OH excluding ortho intramolecular Hbond substituents is 1. The molecule has 2 aliphatic heterocycles. The molecule has 0 bridgehead atoms. The van der Waals surface area contributed by atoms with Crippen LogP contribution in [0, 0.1) is 0 Å². The SMILES string of the molecule is COc1cccc(C(=O)N2CCc3cc(O)ccc3C2c2ccc(OCCN3CCCC3)cc2)c1. The summed E-state index contributed by atoms with van der Waals surface area (Å²) < 4.78 is 11.3. The lowest BCUT2D eigenvalue weighted by molar-refractivity contribution is 0.0694. The van der Waals surface area contributed by atoms with Gasteiger partial charge in [0, 0.05) is 18.7 Å². The topological polar surface area (TPSA) is 62.2 Å². The van der Waals surface area contributed by atoms with Gasteiger partial charge < -0.3 is 19.5 Å². The van der Waals surface area contributed by atoms with Crippen molar-refractivity contribution in [3.8, 4) is 17.2 Å². The third kappa shape index (κ3) is 5.13. The number of likely N-dealkylation sites (tertiary alicyclic amines) is 1. The Kier molecular flexibility index (Phi) is 6.91. The van der Waals surface area contributed by atoms with Gasteiger partial charge in [-0.15, -0.1) is 0 Å². The summed E-state index contributed by atoms with van der Waals surface area (Å²) in [7, 11) is 1.60. The third-order valence-corrected chi connectivity index (χ3v) is 7.00. The van der Waals surface area contributed by atoms with Crippen molar-refractivity contribution in [2.75, 3.05) is 39.9 Å². The molecule has 1 saturated heterocycles. The zero-order valence-electron chi connectivity index (χ0n) is 20.2. The van der Waals surface area contributed by atoms with E-state index in [2.05, 4.69) is 4.90 Å². The fourth-order valence-corrected chi connectivity index (χ4v) is 5.16. The van der Waals surface area contributed by atoms with Crippen molar-refractivity contribution in [1.29, 1.82) is 0 Å². The van der Waals surface area contributed by atoms with Gasteiger partial charge in [-0.25, -0.2) is 0 Å². The Bertz CT molecular complexity index is 1170. The van der Waals surface area contributed by atoms with Crippen LogP contribution in [0.3, 0.4) is 0 Å². The minimum absolute atomic E-state index is 0.0430. The third-order valence-electron chi connectivity index (χ3n) is 7.00. The van der Waals surface area contributed by atoms with Crippen LogP contribution in [0.25, 0.3) is 0 Å². The number of hydrogen-bond acceptors (Lipinski definition) is 5. The number of carbonyl (C=O) groups excluding carboxylic acids is 1. The fraction of sp³-hybridized carbons (Fsp3) is 0.345. The van der Waals surface area contributed by atoms with Crippen LogP contribution >= 0.6 is 0 Å². The van der Waals surface area contributed by atoms with Gasteiger partial charge in [0.15, 0.2) is 0 Å². The average Bonchev–Trinajstić information content (AvgIpc) is 3.41. The fourth-order valence-electron chi connectivity index (χ4n) is 5.16. The number of carbonyl (C=O) groups is 1. The Morgan fingerprint density at radius 1 is 0.971 bits per heavy atom. The predicted octanol–water partition coefficient (Wildman–Crippen LogP) is 4.66. The maximum absolute atomic E-state index is 13.7. The molecule has 1 atom stereocenters. The van der Waals surface area contributed by atoms with Crippen molar-refractivity contribution in [3.05, 3.63) is 89.0 Å². The number of hydrogen-bond donors (Lipinski definition) is 1. The average molecular weight is 473 g/mol. The zero-order valence-corrected chi connectivity index (χ0v) is 20.2. The highest BCUT2D eigenvalue weighted by Crippen LogP contribution is 2.38. The van der Waals surface area contributed by atoms with Gasteiger partial charge in [0.1, 0.15) is 23.9 Å². The summed E-state index contributed by atoms with van der Waals surface area (Å²) in [5.41, 5.74) is 3.71. The molecule has 0 radical (unpaired) electrons. The van der Waals surface area contributed by atoms with E-state index in [1.54, 1.807) is 19.2 Å². The number of ether oxygens (including phenoxy) is 2. The first-order valence-corrected chi connectivity index (χ1v) is 12.3. The monoisotopic (exact) mass is 472 g/mol. The summed E-state index contributed by atoms with van der Waals surface area (Å²) in [6, 6.07) is 20.5. The predicted molar refractivity (Wildman–Crippen MR) is 135 cm³/mol. The van der Waals surface area contributed by atoms with Crippen LogP contribution in [0.1, 0.15) is 45.9 Å². The van der Waals surface area contributed by atoms with Crippen molar-refractivity contribution < 1.29 is 19.4 Å². The highest BCUT2D eigenvalue weighted by Gasteiger charge is 2.33. The summed E-state index contributed by atoms with van der Waals surface area (Å²) in [5, 5.41) is 10.0. The van der Waals surface area contributed by atoms with Gasteiger partial charge in [0.05, 0.1) is 13.2 Å². The van der Waals surface area contributed by atoms with E-state index >= 15 is 0 Å². The van der Waals surface area contributed by atoms with E-state index in [0.29, 0.717) is 30.9 Å². The maximum atomic E-state index is 13.7. The van der Waals surface area contributed by atoms with Gasteiger partial charge in [-0.2, -0.15) is 0 Å². The van der Waals surface area contributed by atoms with E-state index in [9.17, 15) is 9.90 Å². The molecule has 1 unspecified atom stereocenters. The summed E-state index contributed by atoms with van der Waals surface area (Å²) in [6.45, 7) is 4.51. The molecule has 35 heavy (non-hydrogen) atoms. The van der Waals surface area contributed by atoms with Gasteiger partial charge >= 0.3 is 0 Å². The van der Waals surface area contributed by atoms with Crippen molar-refractivity contribution in [1.82, 2.24) is 9.80 Å². The second-order valence-corrected chi connectivity index (χ2v) is 9.23. The van der Waals surface area contributed by atoms with Gasteiger partial charge in [-0.3, -0.25) is 9.69 Å². The Labute approximate surface area is 206 Å². The first-order valence-electron chi connectivity index (χ1n) is 12.3. The van der Waals surface area contributed by atoms with Crippen LogP contribution < -0.4 is 9.47 Å². The highest BCUT2D eigenvalue weighted by molar-refractivity contribution is 5.95. The number of rotatable bonds is 7. The van der Waals surface area contributed by atoms with E-state index in [1.165, 1.54) is 12.8 Å². The molecule has 0 aliphatic carbocycles. The lowest BCUT2D eigenvalue weighted by Gasteiger charge is -2.38. The molecule has 182 valence electrons. The van der Waals surface area contributed by atoms with Crippen LogP contribution in [-0.2, 0) is 6.42 Å². The number of benzene rings is 3. The largest absolute Gasteiger partial charge is 0.508 e. The van der Waals surface area contributed by atoms with Gasteiger partial charge in [0.25, 0.3) is 5.91 Å². The molecule has 1 N–H and O–H groups in total. The van der Waals surface area contributed by atoms with Crippen molar-refractivity contribution in [3.63, 3.8) is 0 Å². The molecule has 0 spiro atoms. The molecule has 6 nitrogen and oxygen atoms in total. The Balaban J connectivity index is 1.40. The van der Waals surface area contributed by atoms with E-state index < -0.39 is 0 Å².